The van der Waals surface area contributed by atoms with Crippen LogP contribution in [0.1, 0.15) is 36.1 Å². The lowest BCUT2D eigenvalue weighted by atomic mass is 9.85. The fourth-order valence-corrected chi connectivity index (χ4v) is 5.31. The van der Waals surface area contributed by atoms with Crippen LogP contribution in [0.15, 0.2) is 49.1 Å². The first-order valence-electron chi connectivity index (χ1n) is 11.4. The summed E-state index contributed by atoms with van der Waals surface area (Å²) in [6.45, 7) is 8.48. The van der Waals surface area contributed by atoms with Crippen molar-refractivity contribution in [2.45, 2.75) is 26.2 Å². The Hall–Kier alpha value is -3.85. The highest BCUT2D eigenvalue weighted by molar-refractivity contribution is 7.20. The minimum Gasteiger partial charge on any atom is -0.497 e. The third kappa shape index (κ3) is 4.23. The Morgan fingerprint density at radius 2 is 2.09 bits per heavy atom. The summed E-state index contributed by atoms with van der Waals surface area (Å²) in [6, 6.07) is 11.6. The molecule has 0 spiro atoms. The quantitative estimate of drug-likeness (QED) is 0.340. The number of aryl methyl sites for hydroxylation is 1. The number of thiazole rings is 1. The van der Waals surface area contributed by atoms with Crippen LogP contribution in [-0.4, -0.2) is 41.0 Å². The Morgan fingerprint density at radius 3 is 2.86 bits per heavy atom. The molecule has 9 heteroatoms. The van der Waals surface area contributed by atoms with Gasteiger partial charge in [0.05, 0.1) is 29.6 Å². The predicted octanol–water partition coefficient (Wildman–Crippen LogP) is 5.24. The molecule has 1 aliphatic rings. The molecule has 0 fully saturated rings. The molecule has 180 valence electrons. The SMILES string of the molecule is C=CCOc1ccc([C@H]2CC(=O)Nc3c2c(C)nn3-c2nc3ccc(OC)cc3s2)cc1OCC. The highest BCUT2D eigenvalue weighted by atomic mass is 32.1. The fraction of sp³-hybridized carbons (Fsp3) is 0.269. The first-order chi connectivity index (χ1) is 17.0. The summed E-state index contributed by atoms with van der Waals surface area (Å²) in [7, 11) is 1.64. The van der Waals surface area contributed by atoms with Crippen molar-refractivity contribution >= 4 is 33.3 Å². The van der Waals surface area contributed by atoms with Gasteiger partial charge in [-0.3, -0.25) is 4.79 Å². The summed E-state index contributed by atoms with van der Waals surface area (Å²) < 4.78 is 19.6. The van der Waals surface area contributed by atoms with Gasteiger partial charge in [0.25, 0.3) is 0 Å². The van der Waals surface area contributed by atoms with Crippen LogP contribution in [0.25, 0.3) is 15.3 Å². The van der Waals surface area contributed by atoms with Crippen LogP contribution in [-0.2, 0) is 4.79 Å². The summed E-state index contributed by atoms with van der Waals surface area (Å²) in [6.07, 6.45) is 2.01. The average Bonchev–Trinajstić information content (AvgIpc) is 3.43. The first-order valence-corrected chi connectivity index (χ1v) is 12.2. The number of rotatable bonds is 8. The molecular formula is C26H26N4O4S. The van der Waals surface area contributed by atoms with Gasteiger partial charge in [-0.15, -0.1) is 0 Å². The Bertz CT molecular complexity index is 1420. The average molecular weight is 491 g/mol. The highest BCUT2D eigenvalue weighted by Gasteiger charge is 2.33. The second kappa shape index (κ2) is 9.42. The number of nitrogens with zero attached hydrogens (tertiary/aromatic N) is 3. The van der Waals surface area contributed by atoms with E-state index in [1.165, 1.54) is 11.3 Å². The molecule has 1 aliphatic heterocycles. The molecule has 0 bridgehead atoms. The second-order valence-corrected chi connectivity index (χ2v) is 9.14. The minimum absolute atomic E-state index is 0.0728. The Balaban J connectivity index is 1.58. The number of carbonyl (C=O) groups excluding carboxylic acids is 1. The maximum absolute atomic E-state index is 12.8. The van der Waals surface area contributed by atoms with Crippen LogP contribution < -0.4 is 19.5 Å². The van der Waals surface area contributed by atoms with E-state index in [0.29, 0.717) is 42.1 Å². The monoisotopic (exact) mass is 490 g/mol. The molecule has 0 radical (unpaired) electrons. The lowest BCUT2D eigenvalue weighted by molar-refractivity contribution is -0.116. The van der Waals surface area contributed by atoms with Crippen molar-refractivity contribution < 1.29 is 19.0 Å². The molecule has 0 saturated heterocycles. The largest absolute Gasteiger partial charge is 0.497 e. The zero-order valence-corrected chi connectivity index (χ0v) is 20.6. The van der Waals surface area contributed by atoms with E-state index in [9.17, 15) is 4.79 Å². The van der Waals surface area contributed by atoms with E-state index in [0.717, 1.165) is 32.8 Å². The van der Waals surface area contributed by atoms with Crippen molar-refractivity contribution in [1.82, 2.24) is 14.8 Å². The summed E-state index contributed by atoms with van der Waals surface area (Å²) in [5.41, 5.74) is 3.63. The molecule has 1 atom stereocenters. The molecule has 5 rings (SSSR count). The van der Waals surface area contributed by atoms with Gasteiger partial charge in [0, 0.05) is 17.9 Å². The molecule has 8 nitrogen and oxygen atoms in total. The lowest BCUT2D eigenvalue weighted by Crippen LogP contribution is -2.25. The smallest absolute Gasteiger partial charge is 0.226 e. The van der Waals surface area contributed by atoms with Crippen molar-refractivity contribution in [2.24, 2.45) is 0 Å². The maximum Gasteiger partial charge on any atom is 0.226 e. The van der Waals surface area contributed by atoms with Gasteiger partial charge in [-0.25, -0.2) is 4.98 Å². The topological polar surface area (TPSA) is 87.5 Å². The van der Waals surface area contributed by atoms with Gasteiger partial charge in [-0.05, 0) is 49.7 Å². The predicted molar refractivity (Wildman–Crippen MR) is 136 cm³/mol. The Morgan fingerprint density at radius 1 is 1.23 bits per heavy atom. The molecular weight excluding hydrogens is 464 g/mol. The standard InChI is InChI=1S/C26H26N4O4S/c1-5-11-34-20-10-7-16(12-21(20)33-6-2)18-14-23(31)28-25-24(18)15(3)29-30(25)26-27-19-9-8-17(32-4)13-22(19)35-26/h5,7-10,12-13,18H,1,6,11,14H2,2-4H3,(H,28,31)/t18-/m1/s1. The van der Waals surface area contributed by atoms with E-state index in [-0.39, 0.29) is 11.8 Å². The zero-order valence-electron chi connectivity index (χ0n) is 19.8. The van der Waals surface area contributed by atoms with E-state index in [2.05, 4.69) is 11.9 Å². The molecule has 1 N–H and O–H groups in total. The Labute approximate surface area is 207 Å². The number of fused-ring (bicyclic) bond motifs is 2. The molecule has 35 heavy (non-hydrogen) atoms. The van der Waals surface area contributed by atoms with Crippen LogP contribution in [0.4, 0.5) is 5.82 Å². The summed E-state index contributed by atoms with van der Waals surface area (Å²) >= 11 is 1.50. The lowest BCUT2D eigenvalue weighted by Gasteiger charge is -2.25. The molecule has 2 aromatic carbocycles. The molecule has 4 aromatic rings. The highest BCUT2D eigenvalue weighted by Crippen LogP contribution is 2.43. The summed E-state index contributed by atoms with van der Waals surface area (Å²) in [4.78, 5) is 17.6. The van der Waals surface area contributed by atoms with Crippen molar-refractivity contribution in [3.8, 4) is 22.4 Å². The number of ether oxygens (including phenoxy) is 3. The van der Waals surface area contributed by atoms with E-state index < -0.39 is 0 Å². The van der Waals surface area contributed by atoms with Crippen LogP contribution in [0.2, 0.25) is 0 Å². The van der Waals surface area contributed by atoms with Gasteiger partial charge in [-0.1, -0.05) is 30.1 Å². The number of carbonyl (C=O) groups is 1. The zero-order chi connectivity index (χ0) is 24.5. The first kappa shape index (κ1) is 22.9. The second-order valence-electron chi connectivity index (χ2n) is 8.13. The van der Waals surface area contributed by atoms with Gasteiger partial charge >= 0.3 is 0 Å². The molecule has 0 aliphatic carbocycles. The number of anilines is 1. The number of benzene rings is 2. The minimum atomic E-state index is -0.172. The van der Waals surface area contributed by atoms with E-state index in [4.69, 9.17) is 24.3 Å². The summed E-state index contributed by atoms with van der Waals surface area (Å²) in [5.74, 6) is 2.47. The number of aromatic nitrogens is 3. The van der Waals surface area contributed by atoms with Gasteiger partial charge in [0.1, 0.15) is 18.2 Å². The number of nitrogens with one attached hydrogen (secondary N) is 1. The van der Waals surface area contributed by atoms with Crippen molar-refractivity contribution in [2.75, 3.05) is 25.6 Å². The molecule has 1 amide bonds. The molecule has 2 aromatic heterocycles. The normalized spacial score (nSPS) is 14.9. The maximum atomic E-state index is 12.8. The van der Waals surface area contributed by atoms with Gasteiger partial charge in [0.15, 0.2) is 11.5 Å². The molecule has 3 heterocycles. The van der Waals surface area contributed by atoms with E-state index >= 15 is 0 Å². The third-order valence-corrected chi connectivity index (χ3v) is 6.89. The van der Waals surface area contributed by atoms with E-state index in [1.807, 2.05) is 50.2 Å². The number of hydrogen-bond acceptors (Lipinski definition) is 7. The van der Waals surface area contributed by atoms with Crippen LogP contribution in [0.5, 0.6) is 17.2 Å². The Kier molecular flexibility index (Phi) is 6.17. The fourth-order valence-electron chi connectivity index (χ4n) is 4.36. The van der Waals surface area contributed by atoms with Crippen molar-refractivity contribution in [3.63, 3.8) is 0 Å². The number of methoxy groups -OCH3 is 1. The van der Waals surface area contributed by atoms with E-state index in [1.54, 1.807) is 17.9 Å². The van der Waals surface area contributed by atoms with Gasteiger partial charge in [0.2, 0.25) is 11.0 Å². The number of hydrogen-bond donors (Lipinski definition) is 1. The summed E-state index contributed by atoms with van der Waals surface area (Å²) in [5, 5.41) is 8.49. The van der Waals surface area contributed by atoms with Crippen molar-refractivity contribution in [3.05, 3.63) is 65.9 Å². The van der Waals surface area contributed by atoms with Crippen molar-refractivity contribution in [1.29, 1.82) is 0 Å². The number of amides is 1. The van der Waals surface area contributed by atoms with Gasteiger partial charge in [-0.2, -0.15) is 9.78 Å². The van der Waals surface area contributed by atoms with Crippen LogP contribution >= 0.6 is 11.3 Å². The molecule has 0 saturated carbocycles. The van der Waals surface area contributed by atoms with Crippen LogP contribution in [0.3, 0.4) is 0 Å². The molecule has 0 unspecified atom stereocenters. The van der Waals surface area contributed by atoms with Gasteiger partial charge < -0.3 is 19.5 Å². The van der Waals surface area contributed by atoms with Crippen LogP contribution in [0, 0.1) is 6.92 Å². The third-order valence-electron chi connectivity index (χ3n) is 5.89.